The van der Waals surface area contributed by atoms with Crippen LogP contribution in [0.2, 0.25) is 0 Å². The minimum Gasteiger partial charge on any atom is -0.497 e. The van der Waals surface area contributed by atoms with E-state index in [1.807, 2.05) is 24.3 Å². The molecule has 1 heterocycles. The Hall–Kier alpha value is -2.96. The smallest absolute Gasteiger partial charge is 0.256 e. The van der Waals surface area contributed by atoms with Gasteiger partial charge in [0.2, 0.25) is 5.91 Å². The largest absolute Gasteiger partial charge is 0.497 e. The van der Waals surface area contributed by atoms with Crippen molar-refractivity contribution in [3.8, 4) is 5.75 Å². The third kappa shape index (κ3) is 4.65. The number of benzene rings is 2. The molecule has 5 nitrogen and oxygen atoms in total. The molecule has 1 aliphatic rings. The van der Waals surface area contributed by atoms with Gasteiger partial charge in [0.1, 0.15) is 17.4 Å². The van der Waals surface area contributed by atoms with Crippen molar-refractivity contribution in [2.45, 2.75) is 12.8 Å². The van der Waals surface area contributed by atoms with E-state index >= 15 is 0 Å². The van der Waals surface area contributed by atoms with Crippen LogP contribution in [0.1, 0.15) is 22.3 Å². The maximum atomic E-state index is 13.8. The summed E-state index contributed by atoms with van der Waals surface area (Å²) >= 11 is 0. The summed E-state index contributed by atoms with van der Waals surface area (Å²) in [6.45, 7) is 1.44. The van der Waals surface area contributed by atoms with Crippen molar-refractivity contribution in [3.05, 3.63) is 65.2 Å². The van der Waals surface area contributed by atoms with E-state index in [0.29, 0.717) is 45.1 Å². The number of carbonyl (C=O) groups is 2. The standard InChI is InChI=1S/C21H22F2N2O3/c1-28-17-6-2-15(3-7-17)4-9-20(26)24-10-12-25(13-11-24)21(27)18-8-5-16(22)14-19(18)23/h2-3,5-8,14H,4,9-13H2,1H3. The van der Waals surface area contributed by atoms with E-state index in [0.717, 1.165) is 23.4 Å². The Morgan fingerprint density at radius 1 is 0.964 bits per heavy atom. The Labute approximate surface area is 162 Å². The molecule has 0 atom stereocenters. The van der Waals surface area contributed by atoms with Crippen molar-refractivity contribution >= 4 is 11.8 Å². The molecular formula is C21H22F2N2O3. The van der Waals surface area contributed by atoms with Gasteiger partial charge in [-0.2, -0.15) is 0 Å². The lowest BCUT2D eigenvalue weighted by molar-refractivity contribution is -0.132. The second-order valence-corrected chi connectivity index (χ2v) is 6.65. The van der Waals surface area contributed by atoms with Crippen LogP contribution in [0.25, 0.3) is 0 Å². The van der Waals surface area contributed by atoms with Crippen LogP contribution in [0.5, 0.6) is 5.75 Å². The molecule has 2 amide bonds. The predicted octanol–water partition coefficient (Wildman–Crippen LogP) is 2.89. The molecule has 0 unspecified atom stereocenters. The fourth-order valence-corrected chi connectivity index (χ4v) is 3.19. The van der Waals surface area contributed by atoms with Crippen LogP contribution in [-0.2, 0) is 11.2 Å². The summed E-state index contributed by atoms with van der Waals surface area (Å²) in [4.78, 5) is 28.1. The lowest BCUT2D eigenvalue weighted by Gasteiger charge is -2.35. The quantitative estimate of drug-likeness (QED) is 0.792. The zero-order valence-corrected chi connectivity index (χ0v) is 15.7. The van der Waals surface area contributed by atoms with Gasteiger partial charge in [-0.25, -0.2) is 8.78 Å². The molecule has 1 saturated heterocycles. The lowest BCUT2D eigenvalue weighted by atomic mass is 10.1. The summed E-state index contributed by atoms with van der Waals surface area (Å²) in [6, 6.07) is 10.5. The average molecular weight is 388 g/mol. The molecule has 7 heteroatoms. The maximum absolute atomic E-state index is 13.8. The van der Waals surface area contributed by atoms with E-state index in [2.05, 4.69) is 0 Å². The van der Waals surface area contributed by atoms with Crippen molar-refractivity contribution in [1.82, 2.24) is 9.80 Å². The van der Waals surface area contributed by atoms with Crippen LogP contribution in [-0.4, -0.2) is 54.9 Å². The number of hydrogen-bond acceptors (Lipinski definition) is 3. The van der Waals surface area contributed by atoms with Crippen molar-refractivity contribution < 1.29 is 23.1 Å². The molecule has 1 aliphatic heterocycles. The molecule has 2 aromatic carbocycles. The molecule has 0 N–H and O–H groups in total. The van der Waals surface area contributed by atoms with Gasteiger partial charge in [0.15, 0.2) is 0 Å². The van der Waals surface area contributed by atoms with Gasteiger partial charge >= 0.3 is 0 Å². The number of methoxy groups -OCH3 is 1. The summed E-state index contributed by atoms with van der Waals surface area (Å²) in [5.41, 5.74) is 0.899. The number of amides is 2. The van der Waals surface area contributed by atoms with Crippen LogP contribution in [0.4, 0.5) is 8.78 Å². The first kappa shape index (κ1) is 19.8. The molecule has 148 valence electrons. The first-order valence-corrected chi connectivity index (χ1v) is 9.13. The van der Waals surface area contributed by atoms with Crippen LogP contribution in [0.15, 0.2) is 42.5 Å². The first-order valence-electron chi connectivity index (χ1n) is 9.13. The molecule has 0 aliphatic carbocycles. The fourth-order valence-electron chi connectivity index (χ4n) is 3.19. The van der Waals surface area contributed by atoms with Gasteiger partial charge in [0.05, 0.1) is 12.7 Å². The van der Waals surface area contributed by atoms with Crippen molar-refractivity contribution in [2.75, 3.05) is 33.3 Å². The average Bonchev–Trinajstić information content (AvgIpc) is 2.72. The van der Waals surface area contributed by atoms with Gasteiger partial charge in [-0.15, -0.1) is 0 Å². The first-order chi connectivity index (χ1) is 13.5. The number of halogens is 2. The third-order valence-electron chi connectivity index (χ3n) is 4.87. The maximum Gasteiger partial charge on any atom is 0.256 e. The van der Waals surface area contributed by atoms with Crippen LogP contribution in [0.3, 0.4) is 0 Å². The second-order valence-electron chi connectivity index (χ2n) is 6.65. The molecule has 2 aromatic rings. The molecule has 3 rings (SSSR count). The van der Waals surface area contributed by atoms with Gasteiger partial charge < -0.3 is 14.5 Å². The molecule has 28 heavy (non-hydrogen) atoms. The molecular weight excluding hydrogens is 366 g/mol. The zero-order valence-electron chi connectivity index (χ0n) is 15.7. The number of hydrogen-bond donors (Lipinski definition) is 0. The van der Waals surface area contributed by atoms with Gasteiger partial charge in [-0.1, -0.05) is 12.1 Å². The monoisotopic (exact) mass is 388 g/mol. The van der Waals surface area contributed by atoms with Crippen molar-refractivity contribution in [1.29, 1.82) is 0 Å². The summed E-state index contributed by atoms with van der Waals surface area (Å²) in [6.07, 6.45) is 1.01. The second kappa shape index (κ2) is 8.82. The lowest BCUT2D eigenvalue weighted by Crippen LogP contribution is -2.50. The summed E-state index contributed by atoms with van der Waals surface area (Å²) in [5.74, 6) is -1.28. The number of aryl methyl sites for hydroxylation is 1. The van der Waals surface area contributed by atoms with Gasteiger partial charge in [0.25, 0.3) is 5.91 Å². The van der Waals surface area contributed by atoms with Crippen LogP contribution < -0.4 is 4.74 Å². The Balaban J connectivity index is 1.50. The number of nitrogens with zero attached hydrogens (tertiary/aromatic N) is 2. The molecule has 0 saturated carbocycles. The Morgan fingerprint density at radius 3 is 2.21 bits per heavy atom. The van der Waals surface area contributed by atoms with E-state index < -0.39 is 17.5 Å². The van der Waals surface area contributed by atoms with E-state index in [1.54, 1.807) is 12.0 Å². The van der Waals surface area contributed by atoms with Crippen molar-refractivity contribution in [2.24, 2.45) is 0 Å². The molecule has 0 spiro atoms. The Kier molecular flexibility index (Phi) is 6.23. The van der Waals surface area contributed by atoms with E-state index in [-0.39, 0.29) is 11.5 Å². The minimum absolute atomic E-state index is 0.0240. The summed E-state index contributed by atoms with van der Waals surface area (Å²) in [5, 5.41) is 0. The normalized spacial score (nSPS) is 14.1. The van der Waals surface area contributed by atoms with Crippen molar-refractivity contribution in [3.63, 3.8) is 0 Å². The number of piperazine rings is 1. The summed E-state index contributed by atoms with van der Waals surface area (Å²) in [7, 11) is 1.60. The van der Waals surface area contributed by atoms with Crippen LogP contribution >= 0.6 is 0 Å². The highest BCUT2D eigenvalue weighted by atomic mass is 19.1. The summed E-state index contributed by atoms with van der Waals surface area (Å²) < 4.78 is 31.9. The highest BCUT2D eigenvalue weighted by Crippen LogP contribution is 2.16. The fraction of sp³-hybridized carbons (Fsp3) is 0.333. The van der Waals surface area contributed by atoms with E-state index in [4.69, 9.17) is 4.74 Å². The Morgan fingerprint density at radius 2 is 1.61 bits per heavy atom. The van der Waals surface area contributed by atoms with Crippen LogP contribution in [0, 0.1) is 11.6 Å². The van der Waals surface area contributed by atoms with E-state index in [9.17, 15) is 18.4 Å². The van der Waals surface area contributed by atoms with Gasteiger partial charge in [0, 0.05) is 38.7 Å². The highest BCUT2D eigenvalue weighted by molar-refractivity contribution is 5.94. The number of carbonyl (C=O) groups excluding carboxylic acids is 2. The highest BCUT2D eigenvalue weighted by Gasteiger charge is 2.26. The third-order valence-corrected chi connectivity index (χ3v) is 4.87. The van der Waals surface area contributed by atoms with Gasteiger partial charge in [-0.05, 0) is 36.2 Å². The Bertz CT molecular complexity index is 847. The predicted molar refractivity (Wildman–Crippen MR) is 100 cm³/mol. The molecule has 0 aromatic heterocycles. The van der Waals surface area contributed by atoms with E-state index in [1.165, 1.54) is 4.90 Å². The SMILES string of the molecule is COc1ccc(CCC(=O)N2CCN(C(=O)c3ccc(F)cc3F)CC2)cc1. The minimum atomic E-state index is -0.872. The molecule has 0 bridgehead atoms. The molecule has 1 fully saturated rings. The number of ether oxygens (including phenoxy) is 1. The topological polar surface area (TPSA) is 49.9 Å². The van der Waals surface area contributed by atoms with Gasteiger partial charge in [-0.3, -0.25) is 9.59 Å². The zero-order chi connectivity index (χ0) is 20.1. The molecule has 0 radical (unpaired) electrons. The number of rotatable bonds is 5.